The molecule has 0 spiro atoms. The first-order chi connectivity index (χ1) is 6.33. The molecule has 0 bridgehead atoms. The average molecular weight is 177 g/mol. The van der Waals surface area contributed by atoms with Crippen LogP contribution in [0.2, 0.25) is 0 Å². The van der Waals surface area contributed by atoms with Gasteiger partial charge in [0, 0.05) is 0 Å². The van der Waals surface area contributed by atoms with Crippen molar-refractivity contribution < 1.29 is 4.74 Å². The van der Waals surface area contributed by atoms with Gasteiger partial charge in [-0.1, -0.05) is 24.3 Å². The number of ether oxygens (including phenoxy) is 1. The normalized spacial score (nSPS) is 26.9. The Bertz CT molecular complexity index is 298. The molecule has 0 amide bonds. The molecule has 1 aliphatic heterocycles. The van der Waals surface area contributed by atoms with Crippen molar-refractivity contribution in [3.63, 3.8) is 0 Å². The number of nitrogens with one attached hydrogen (secondary N) is 1. The highest BCUT2D eigenvalue weighted by molar-refractivity contribution is 5.33. The van der Waals surface area contributed by atoms with E-state index < -0.39 is 0 Å². The lowest BCUT2D eigenvalue weighted by molar-refractivity contribution is 0.0346. The van der Waals surface area contributed by atoms with E-state index >= 15 is 0 Å². The standard InChI is InChI=1S/C11H15NO/c1-8-9-5-3-4-6-10(9)11(12-2)7-13-8/h3-6,8,11-12H,7H2,1-2H3/t8-,11?/m1/s1. The highest BCUT2D eigenvalue weighted by Gasteiger charge is 2.23. The topological polar surface area (TPSA) is 21.3 Å². The van der Waals surface area contributed by atoms with Gasteiger partial charge < -0.3 is 10.1 Å². The number of benzene rings is 1. The van der Waals surface area contributed by atoms with Gasteiger partial charge in [0.1, 0.15) is 0 Å². The smallest absolute Gasteiger partial charge is 0.0801 e. The number of likely N-dealkylation sites (N-methyl/N-ethyl adjacent to an activating group) is 1. The molecule has 1 N–H and O–H groups in total. The summed E-state index contributed by atoms with van der Waals surface area (Å²) in [6, 6.07) is 8.82. The second-order valence-electron chi connectivity index (χ2n) is 3.45. The Morgan fingerprint density at radius 3 is 2.69 bits per heavy atom. The minimum absolute atomic E-state index is 0.237. The summed E-state index contributed by atoms with van der Waals surface area (Å²) in [5, 5.41) is 3.26. The van der Waals surface area contributed by atoms with E-state index in [-0.39, 0.29) is 6.10 Å². The Hall–Kier alpha value is -0.860. The van der Waals surface area contributed by atoms with Crippen LogP contribution in [0.25, 0.3) is 0 Å². The Morgan fingerprint density at radius 2 is 2.00 bits per heavy atom. The average Bonchev–Trinajstić information content (AvgIpc) is 2.19. The van der Waals surface area contributed by atoms with Crippen LogP contribution in [0.5, 0.6) is 0 Å². The first-order valence-electron chi connectivity index (χ1n) is 4.70. The van der Waals surface area contributed by atoms with Gasteiger partial charge in [0.05, 0.1) is 18.8 Å². The van der Waals surface area contributed by atoms with Crippen molar-refractivity contribution in [2.75, 3.05) is 13.7 Å². The molecule has 1 heterocycles. The van der Waals surface area contributed by atoms with Gasteiger partial charge >= 0.3 is 0 Å². The fraction of sp³-hybridized carbons (Fsp3) is 0.455. The SMILES string of the molecule is CNC1CO[C@H](C)c2ccccc21. The van der Waals surface area contributed by atoms with E-state index in [4.69, 9.17) is 4.74 Å². The Balaban J connectivity index is 2.42. The first kappa shape index (κ1) is 8.73. The van der Waals surface area contributed by atoms with Crippen LogP contribution >= 0.6 is 0 Å². The van der Waals surface area contributed by atoms with Crippen molar-refractivity contribution in [2.45, 2.75) is 19.1 Å². The van der Waals surface area contributed by atoms with Crippen molar-refractivity contribution in [1.29, 1.82) is 0 Å². The summed E-state index contributed by atoms with van der Waals surface area (Å²) in [5.74, 6) is 0. The van der Waals surface area contributed by atoms with Gasteiger partial charge in [-0.2, -0.15) is 0 Å². The number of hydrogen-bond donors (Lipinski definition) is 1. The molecule has 0 aliphatic carbocycles. The zero-order valence-corrected chi connectivity index (χ0v) is 8.08. The Labute approximate surface area is 78.9 Å². The van der Waals surface area contributed by atoms with Crippen LogP contribution in [0.1, 0.15) is 30.2 Å². The third-order valence-corrected chi connectivity index (χ3v) is 2.67. The maximum Gasteiger partial charge on any atom is 0.0801 e. The highest BCUT2D eigenvalue weighted by atomic mass is 16.5. The molecule has 0 saturated heterocycles. The van der Waals surface area contributed by atoms with Gasteiger partial charge in [-0.3, -0.25) is 0 Å². The minimum Gasteiger partial charge on any atom is -0.372 e. The van der Waals surface area contributed by atoms with Gasteiger partial charge in [-0.05, 0) is 25.1 Å². The van der Waals surface area contributed by atoms with Crippen molar-refractivity contribution in [3.05, 3.63) is 35.4 Å². The van der Waals surface area contributed by atoms with Crippen LogP contribution in [-0.4, -0.2) is 13.7 Å². The molecule has 0 aromatic heterocycles. The van der Waals surface area contributed by atoms with E-state index in [0.717, 1.165) is 6.61 Å². The maximum absolute atomic E-state index is 5.65. The van der Waals surface area contributed by atoms with E-state index in [0.29, 0.717) is 6.04 Å². The van der Waals surface area contributed by atoms with E-state index in [1.807, 2.05) is 7.05 Å². The van der Waals surface area contributed by atoms with Crippen LogP contribution in [-0.2, 0) is 4.74 Å². The second-order valence-corrected chi connectivity index (χ2v) is 3.45. The third kappa shape index (κ3) is 1.47. The molecule has 1 unspecified atom stereocenters. The molecule has 2 atom stereocenters. The molecule has 13 heavy (non-hydrogen) atoms. The Morgan fingerprint density at radius 1 is 1.31 bits per heavy atom. The van der Waals surface area contributed by atoms with Crippen molar-refractivity contribution in [3.8, 4) is 0 Å². The minimum atomic E-state index is 0.237. The van der Waals surface area contributed by atoms with Crippen LogP contribution in [0.4, 0.5) is 0 Å². The van der Waals surface area contributed by atoms with Crippen LogP contribution in [0, 0.1) is 0 Å². The molecular formula is C11H15NO. The summed E-state index contributed by atoms with van der Waals surface area (Å²) in [5.41, 5.74) is 2.69. The molecule has 2 heteroatoms. The summed E-state index contributed by atoms with van der Waals surface area (Å²) in [7, 11) is 1.97. The molecular weight excluding hydrogens is 162 g/mol. The number of hydrogen-bond acceptors (Lipinski definition) is 2. The van der Waals surface area contributed by atoms with Gasteiger partial charge in [0.25, 0.3) is 0 Å². The lowest BCUT2D eigenvalue weighted by Crippen LogP contribution is -2.28. The second kappa shape index (κ2) is 3.48. The fourth-order valence-corrected chi connectivity index (χ4v) is 1.86. The highest BCUT2D eigenvalue weighted by Crippen LogP contribution is 2.31. The van der Waals surface area contributed by atoms with Gasteiger partial charge in [-0.15, -0.1) is 0 Å². The molecule has 1 aliphatic rings. The summed E-state index contributed by atoms with van der Waals surface area (Å²) in [6.45, 7) is 2.87. The third-order valence-electron chi connectivity index (χ3n) is 2.67. The summed E-state index contributed by atoms with van der Waals surface area (Å²) >= 11 is 0. The van der Waals surface area contributed by atoms with E-state index in [1.54, 1.807) is 0 Å². The zero-order valence-electron chi connectivity index (χ0n) is 8.08. The molecule has 1 aromatic carbocycles. The van der Waals surface area contributed by atoms with Crippen molar-refractivity contribution >= 4 is 0 Å². The molecule has 0 radical (unpaired) electrons. The van der Waals surface area contributed by atoms with Crippen LogP contribution in [0.15, 0.2) is 24.3 Å². The fourth-order valence-electron chi connectivity index (χ4n) is 1.86. The number of rotatable bonds is 1. The van der Waals surface area contributed by atoms with Gasteiger partial charge in [0.2, 0.25) is 0 Å². The molecule has 70 valence electrons. The summed E-state index contributed by atoms with van der Waals surface area (Å²) in [4.78, 5) is 0. The maximum atomic E-state index is 5.65. The van der Waals surface area contributed by atoms with Gasteiger partial charge in [-0.25, -0.2) is 0 Å². The molecule has 0 fully saturated rings. The van der Waals surface area contributed by atoms with Crippen LogP contribution in [0.3, 0.4) is 0 Å². The summed E-state index contributed by atoms with van der Waals surface area (Å²) < 4.78 is 5.65. The van der Waals surface area contributed by atoms with E-state index in [9.17, 15) is 0 Å². The van der Waals surface area contributed by atoms with E-state index in [2.05, 4.69) is 36.5 Å². The van der Waals surface area contributed by atoms with Crippen molar-refractivity contribution in [1.82, 2.24) is 5.32 Å². The lowest BCUT2D eigenvalue weighted by Gasteiger charge is -2.29. The predicted octanol–water partition coefficient (Wildman–Crippen LogP) is 2.04. The largest absolute Gasteiger partial charge is 0.372 e. The van der Waals surface area contributed by atoms with Gasteiger partial charge in [0.15, 0.2) is 0 Å². The van der Waals surface area contributed by atoms with Crippen molar-refractivity contribution in [2.24, 2.45) is 0 Å². The quantitative estimate of drug-likeness (QED) is 0.708. The van der Waals surface area contributed by atoms with Crippen LogP contribution < -0.4 is 5.32 Å². The monoisotopic (exact) mass is 177 g/mol. The lowest BCUT2D eigenvalue weighted by atomic mass is 9.95. The van der Waals surface area contributed by atoms with E-state index in [1.165, 1.54) is 11.1 Å². The molecule has 2 rings (SSSR count). The number of fused-ring (bicyclic) bond motifs is 1. The molecule has 1 aromatic rings. The summed E-state index contributed by atoms with van der Waals surface area (Å²) in [6.07, 6.45) is 0.237. The molecule has 2 nitrogen and oxygen atoms in total. The predicted molar refractivity (Wildman–Crippen MR) is 52.6 cm³/mol. The molecule has 0 saturated carbocycles. The zero-order chi connectivity index (χ0) is 9.26. The Kier molecular flexibility index (Phi) is 2.34. The first-order valence-corrected chi connectivity index (χ1v) is 4.70.